The highest BCUT2D eigenvalue weighted by atomic mass is 16.3. The third-order valence-corrected chi connectivity index (χ3v) is 2.77. The van der Waals surface area contributed by atoms with Crippen LogP contribution in [-0.2, 0) is 4.79 Å². The van der Waals surface area contributed by atoms with Crippen molar-refractivity contribution in [2.75, 3.05) is 13.2 Å². The van der Waals surface area contributed by atoms with Gasteiger partial charge in [-0.15, -0.1) is 0 Å². The normalized spacial score (nSPS) is 23.4. The molecule has 0 aromatic carbocycles. The Kier molecular flexibility index (Phi) is 4.66. The summed E-state index contributed by atoms with van der Waals surface area (Å²) in [6.07, 6.45) is 6.28. The molecule has 14 heavy (non-hydrogen) atoms. The van der Waals surface area contributed by atoms with Crippen molar-refractivity contribution < 1.29 is 9.90 Å². The minimum atomic E-state index is 0.0997. The van der Waals surface area contributed by atoms with E-state index in [9.17, 15) is 4.79 Å². The fraction of sp³-hybridized carbons (Fsp3) is 0.727. The second-order valence-corrected chi connectivity index (χ2v) is 3.77. The van der Waals surface area contributed by atoms with Crippen molar-refractivity contribution in [3.8, 4) is 0 Å². The number of carbonyl (C=O) groups is 1. The number of hydrogen-bond acceptors (Lipinski definition) is 2. The first-order chi connectivity index (χ1) is 6.79. The van der Waals surface area contributed by atoms with Gasteiger partial charge in [0.1, 0.15) is 0 Å². The van der Waals surface area contributed by atoms with Crippen LogP contribution in [0.5, 0.6) is 0 Å². The summed E-state index contributed by atoms with van der Waals surface area (Å²) in [5.41, 5.74) is 0. The minimum absolute atomic E-state index is 0.0997. The summed E-state index contributed by atoms with van der Waals surface area (Å²) in [6.45, 7) is 4.63. The molecule has 1 saturated heterocycles. The van der Waals surface area contributed by atoms with Gasteiger partial charge in [-0.25, -0.2) is 0 Å². The highest BCUT2D eigenvalue weighted by Crippen LogP contribution is 2.21. The molecule has 80 valence electrons. The Bertz CT molecular complexity index is 203. The largest absolute Gasteiger partial charge is 0.396 e. The van der Waals surface area contributed by atoms with Crippen molar-refractivity contribution in [1.82, 2.24) is 4.90 Å². The van der Waals surface area contributed by atoms with Gasteiger partial charge in [0, 0.05) is 19.1 Å². The van der Waals surface area contributed by atoms with Crippen LogP contribution in [0.15, 0.2) is 12.8 Å². The molecule has 0 aromatic heterocycles. The molecule has 1 atom stereocenters. The van der Waals surface area contributed by atoms with Crippen molar-refractivity contribution in [2.24, 2.45) is 5.92 Å². The zero-order valence-corrected chi connectivity index (χ0v) is 8.61. The predicted molar refractivity (Wildman–Crippen MR) is 55.6 cm³/mol. The highest BCUT2D eigenvalue weighted by molar-refractivity contribution is 5.79. The van der Waals surface area contributed by atoms with E-state index in [-0.39, 0.29) is 18.4 Å². The van der Waals surface area contributed by atoms with Gasteiger partial charge < -0.3 is 10.0 Å². The van der Waals surface area contributed by atoms with Crippen LogP contribution < -0.4 is 0 Å². The Balaban J connectivity index is 2.53. The van der Waals surface area contributed by atoms with Gasteiger partial charge in [0.15, 0.2) is 0 Å². The van der Waals surface area contributed by atoms with E-state index >= 15 is 0 Å². The molecular formula is C11H19NO2. The van der Waals surface area contributed by atoms with Crippen molar-refractivity contribution in [2.45, 2.75) is 32.1 Å². The molecule has 1 unspecified atom stereocenters. The molecular weight excluding hydrogens is 178 g/mol. The topological polar surface area (TPSA) is 40.5 Å². The van der Waals surface area contributed by atoms with Crippen LogP contribution in [0.4, 0.5) is 0 Å². The van der Waals surface area contributed by atoms with Gasteiger partial charge in [-0.05, 0) is 31.9 Å². The van der Waals surface area contributed by atoms with E-state index in [2.05, 4.69) is 6.58 Å². The Labute approximate surface area is 85.4 Å². The molecule has 1 aliphatic rings. The SMILES string of the molecule is C=CN1CCCCC(CCCO)C1=O. The second kappa shape index (κ2) is 5.81. The lowest BCUT2D eigenvalue weighted by Crippen LogP contribution is -2.30. The zero-order valence-electron chi connectivity index (χ0n) is 8.61. The molecule has 0 bridgehead atoms. The third kappa shape index (κ3) is 2.84. The quantitative estimate of drug-likeness (QED) is 0.742. The van der Waals surface area contributed by atoms with Gasteiger partial charge in [-0.1, -0.05) is 13.0 Å². The number of likely N-dealkylation sites (tertiary alicyclic amines) is 1. The van der Waals surface area contributed by atoms with Crippen LogP contribution in [0.25, 0.3) is 0 Å². The molecule has 0 spiro atoms. The molecule has 3 nitrogen and oxygen atoms in total. The van der Waals surface area contributed by atoms with E-state index < -0.39 is 0 Å². The molecule has 1 amide bonds. The minimum Gasteiger partial charge on any atom is -0.396 e. The monoisotopic (exact) mass is 197 g/mol. The summed E-state index contributed by atoms with van der Waals surface area (Å²) in [6, 6.07) is 0. The van der Waals surface area contributed by atoms with Crippen molar-refractivity contribution in [3.05, 3.63) is 12.8 Å². The maximum atomic E-state index is 11.9. The number of aliphatic hydroxyl groups is 1. The molecule has 1 fully saturated rings. The smallest absolute Gasteiger partial charge is 0.229 e. The van der Waals surface area contributed by atoms with Gasteiger partial charge in [-0.2, -0.15) is 0 Å². The summed E-state index contributed by atoms with van der Waals surface area (Å²) in [7, 11) is 0. The maximum Gasteiger partial charge on any atom is 0.229 e. The summed E-state index contributed by atoms with van der Waals surface area (Å²) in [5, 5.41) is 8.73. The first-order valence-corrected chi connectivity index (χ1v) is 5.33. The number of rotatable bonds is 4. The zero-order chi connectivity index (χ0) is 10.4. The Morgan fingerprint density at radius 3 is 3.00 bits per heavy atom. The number of aliphatic hydroxyl groups excluding tert-OH is 1. The molecule has 0 aliphatic carbocycles. The number of carbonyl (C=O) groups excluding carboxylic acids is 1. The van der Waals surface area contributed by atoms with E-state index in [1.165, 1.54) is 0 Å². The Hall–Kier alpha value is -0.830. The summed E-state index contributed by atoms with van der Waals surface area (Å²) >= 11 is 0. The van der Waals surface area contributed by atoms with Gasteiger partial charge >= 0.3 is 0 Å². The van der Waals surface area contributed by atoms with Crippen LogP contribution in [0, 0.1) is 5.92 Å². The predicted octanol–water partition coefficient (Wildman–Crippen LogP) is 1.53. The number of amides is 1. The fourth-order valence-corrected chi connectivity index (χ4v) is 1.93. The molecule has 0 saturated carbocycles. The first kappa shape index (κ1) is 11.2. The molecule has 3 heteroatoms. The van der Waals surface area contributed by atoms with Crippen LogP contribution in [0.1, 0.15) is 32.1 Å². The third-order valence-electron chi connectivity index (χ3n) is 2.77. The standard InChI is InChI=1S/C11H19NO2/c1-2-12-8-4-3-6-10(11(12)14)7-5-9-13/h2,10,13H,1,3-9H2. The van der Waals surface area contributed by atoms with Crippen LogP contribution in [0.2, 0.25) is 0 Å². The van der Waals surface area contributed by atoms with E-state index in [4.69, 9.17) is 5.11 Å². The summed E-state index contributed by atoms with van der Waals surface area (Å²) in [4.78, 5) is 13.6. The summed E-state index contributed by atoms with van der Waals surface area (Å²) < 4.78 is 0. The fourth-order valence-electron chi connectivity index (χ4n) is 1.93. The molecule has 0 aromatic rings. The molecule has 0 radical (unpaired) electrons. The van der Waals surface area contributed by atoms with E-state index in [1.807, 2.05) is 0 Å². The lowest BCUT2D eigenvalue weighted by atomic mass is 9.97. The van der Waals surface area contributed by atoms with Crippen LogP contribution in [-0.4, -0.2) is 29.1 Å². The van der Waals surface area contributed by atoms with Gasteiger partial charge in [0.2, 0.25) is 5.91 Å². The first-order valence-electron chi connectivity index (χ1n) is 5.33. The number of nitrogens with zero attached hydrogens (tertiary/aromatic N) is 1. The highest BCUT2D eigenvalue weighted by Gasteiger charge is 2.24. The van der Waals surface area contributed by atoms with Gasteiger partial charge in [0.05, 0.1) is 0 Å². The molecule has 1 rings (SSSR count). The molecule has 1 N–H and O–H groups in total. The number of hydrogen-bond donors (Lipinski definition) is 1. The van der Waals surface area contributed by atoms with Crippen LogP contribution >= 0.6 is 0 Å². The van der Waals surface area contributed by atoms with Gasteiger partial charge in [0.25, 0.3) is 0 Å². The molecule has 1 aliphatic heterocycles. The maximum absolute atomic E-state index is 11.9. The van der Waals surface area contributed by atoms with E-state index in [0.29, 0.717) is 0 Å². The second-order valence-electron chi connectivity index (χ2n) is 3.77. The van der Waals surface area contributed by atoms with Gasteiger partial charge in [-0.3, -0.25) is 4.79 Å². The van der Waals surface area contributed by atoms with Crippen LogP contribution in [0.3, 0.4) is 0 Å². The lowest BCUT2D eigenvalue weighted by molar-refractivity contribution is -0.132. The van der Waals surface area contributed by atoms with E-state index in [1.54, 1.807) is 11.1 Å². The van der Waals surface area contributed by atoms with Crippen molar-refractivity contribution in [1.29, 1.82) is 0 Å². The van der Waals surface area contributed by atoms with Crippen molar-refractivity contribution in [3.63, 3.8) is 0 Å². The summed E-state index contributed by atoms with van der Waals surface area (Å²) in [5.74, 6) is 0.286. The Morgan fingerprint density at radius 2 is 2.36 bits per heavy atom. The van der Waals surface area contributed by atoms with Crippen molar-refractivity contribution >= 4 is 5.91 Å². The Morgan fingerprint density at radius 1 is 1.57 bits per heavy atom. The average molecular weight is 197 g/mol. The lowest BCUT2D eigenvalue weighted by Gasteiger charge is -2.19. The molecule has 1 heterocycles. The average Bonchev–Trinajstić information content (AvgIpc) is 2.38. The van der Waals surface area contributed by atoms with E-state index in [0.717, 1.165) is 38.6 Å².